The minimum Gasteiger partial charge on any atom is -0.482 e. The van der Waals surface area contributed by atoms with Crippen LogP contribution in [-0.2, 0) is 14.4 Å². The second-order valence-corrected chi connectivity index (χ2v) is 8.66. The topological polar surface area (TPSA) is 119 Å². The van der Waals surface area contributed by atoms with E-state index in [2.05, 4.69) is 37.2 Å². The minimum absolute atomic E-state index is 0.192. The van der Waals surface area contributed by atoms with Crippen molar-refractivity contribution in [2.24, 2.45) is 5.73 Å². The molecule has 0 aliphatic carbocycles. The maximum absolute atomic E-state index is 13.2. The van der Waals surface area contributed by atoms with Crippen LogP contribution in [-0.4, -0.2) is 30.4 Å². The fraction of sp³-hybridized carbons (Fsp3) is 0.100. The number of amides is 5. The number of benzene rings is 2. The Morgan fingerprint density at radius 1 is 1.23 bits per heavy atom. The number of halogens is 3. The first-order valence-electron chi connectivity index (χ1n) is 8.66. The lowest BCUT2D eigenvalue weighted by atomic mass is 10.0. The monoisotopic (exact) mass is 569 g/mol. The standard InChI is InChI=1S/C20H14Br2ClN3O5/c1-9-2-3-12(23)7-15(9)26-19(29)13(18(28)25-20(26)30)5-10-4-11(21)6-14(22)17(10)31-8-16(24)27/h2-7H,8H2,1H3,(H2,24,27)(H,25,28,30)/b13-5+. The summed E-state index contributed by atoms with van der Waals surface area (Å²) in [5.74, 6) is -2.22. The van der Waals surface area contributed by atoms with Gasteiger partial charge in [-0.05, 0) is 58.8 Å². The second kappa shape index (κ2) is 9.21. The number of hydrogen-bond acceptors (Lipinski definition) is 5. The Labute approximate surface area is 198 Å². The average Bonchev–Trinajstić information content (AvgIpc) is 2.66. The lowest BCUT2D eigenvalue weighted by molar-refractivity contribution is -0.123. The van der Waals surface area contributed by atoms with Crippen molar-refractivity contribution in [3.63, 3.8) is 0 Å². The summed E-state index contributed by atoms with van der Waals surface area (Å²) in [7, 11) is 0. The van der Waals surface area contributed by atoms with Gasteiger partial charge in [0.05, 0.1) is 10.2 Å². The smallest absolute Gasteiger partial charge is 0.335 e. The molecule has 31 heavy (non-hydrogen) atoms. The molecule has 0 unspecified atom stereocenters. The van der Waals surface area contributed by atoms with Crippen LogP contribution in [0.15, 0.2) is 44.9 Å². The van der Waals surface area contributed by atoms with E-state index in [1.807, 2.05) is 0 Å². The fourth-order valence-electron chi connectivity index (χ4n) is 2.84. The number of aryl methyl sites for hydroxylation is 1. The molecule has 1 saturated heterocycles. The first kappa shape index (κ1) is 23.0. The van der Waals surface area contributed by atoms with Crippen molar-refractivity contribution in [3.05, 3.63) is 61.0 Å². The van der Waals surface area contributed by atoms with Crippen molar-refractivity contribution in [3.8, 4) is 5.75 Å². The molecule has 11 heteroatoms. The van der Waals surface area contributed by atoms with E-state index in [9.17, 15) is 19.2 Å². The number of urea groups is 1. The second-order valence-electron chi connectivity index (χ2n) is 6.45. The van der Waals surface area contributed by atoms with Gasteiger partial charge < -0.3 is 10.5 Å². The number of ether oxygens (including phenoxy) is 1. The van der Waals surface area contributed by atoms with Gasteiger partial charge in [-0.2, -0.15) is 0 Å². The van der Waals surface area contributed by atoms with Crippen LogP contribution in [0, 0.1) is 6.92 Å². The largest absolute Gasteiger partial charge is 0.482 e. The van der Waals surface area contributed by atoms with E-state index in [0.717, 1.165) is 4.90 Å². The molecule has 3 N–H and O–H groups in total. The molecule has 0 saturated carbocycles. The van der Waals surface area contributed by atoms with Gasteiger partial charge in [0.1, 0.15) is 11.3 Å². The summed E-state index contributed by atoms with van der Waals surface area (Å²) in [6, 6.07) is 7.08. The van der Waals surface area contributed by atoms with E-state index in [1.54, 1.807) is 31.2 Å². The van der Waals surface area contributed by atoms with E-state index in [1.165, 1.54) is 12.1 Å². The molecule has 1 heterocycles. The van der Waals surface area contributed by atoms with Crippen LogP contribution in [0.1, 0.15) is 11.1 Å². The molecule has 1 aliphatic heterocycles. The van der Waals surface area contributed by atoms with E-state index in [0.29, 0.717) is 25.1 Å². The average molecular weight is 572 g/mol. The summed E-state index contributed by atoms with van der Waals surface area (Å²) in [5.41, 5.74) is 5.99. The first-order chi connectivity index (χ1) is 14.6. The van der Waals surface area contributed by atoms with E-state index in [-0.39, 0.29) is 17.0 Å². The van der Waals surface area contributed by atoms with Crippen molar-refractivity contribution in [1.29, 1.82) is 0 Å². The summed E-state index contributed by atoms with van der Waals surface area (Å²) < 4.78 is 6.50. The molecule has 0 bridgehead atoms. The predicted octanol–water partition coefficient (Wildman–Crippen LogP) is 3.70. The Hall–Kier alpha value is -2.69. The third-order valence-electron chi connectivity index (χ3n) is 4.21. The number of anilines is 1. The quantitative estimate of drug-likeness (QED) is 0.419. The third-order valence-corrected chi connectivity index (χ3v) is 5.49. The maximum Gasteiger partial charge on any atom is 0.335 e. The highest BCUT2D eigenvalue weighted by atomic mass is 79.9. The molecule has 1 aliphatic rings. The summed E-state index contributed by atoms with van der Waals surface area (Å²) >= 11 is 12.7. The zero-order chi connectivity index (χ0) is 22.9. The third kappa shape index (κ3) is 4.97. The van der Waals surface area contributed by atoms with Gasteiger partial charge >= 0.3 is 6.03 Å². The molecule has 2 aromatic carbocycles. The molecule has 5 amide bonds. The van der Waals surface area contributed by atoms with Gasteiger partial charge in [-0.3, -0.25) is 19.7 Å². The number of barbiturate groups is 1. The molecule has 0 atom stereocenters. The number of nitrogens with two attached hydrogens (primary N) is 1. The fourth-order valence-corrected chi connectivity index (χ4v) is 4.38. The molecule has 1 fully saturated rings. The van der Waals surface area contributed by atoms with Crippen LogP contribution in [0.3, 0.4) is 0 Å². The van der Waals surface area contributed by atoms with Gasteiger partial charge in [0.15, 0.2) is 6.61 Å². The summed E-state index contributed by atoms with van der Waals surface area (Å²) in [5, 5.41) is 2.47. The molecule has 160 valence electrons. The molecule has 0 aromatic heterocycles. The number of primary amides is 1. The number of carbonyl (C=O) groups excluding carboxylic acids is 4. The zero-order valence-electron chi connectivity index (χ0n) is 15.9. The SMILES string of the molecule is Cc1ccc(Cl)cc1N1C(=O)NC(=O)/C(=C\c2cc(Br)cc(Br)c2OCC(N)=O)C1=O. The van der Waals surface area contributed by atoms with Crippen LogP contribution in [0.2, 0.25) is 5.02 Å². The minimum atomic E-state index is -0.891. The number of rotatable bonds is 5. The molecular formula is C20H14Br2ClN3O5. The molecule has 3 rings (SSSR count). The van der Waals surface area contributed by atoms with Gasteiger partial charge in [0.2, 0.25) is 0 Å². The Balaban J connectivity index is 2.10. The number of nitrogens with zero attached hydrogens (tertiary/aromatic N) is 1. The van der Waals surface area contributed by atoms with Crippen LogP contribution in [0.4, 0.5) is 10.5 Å². The van der Waals surface area contributed by atoms with Crippen molar-refractivity contribution in [1.82, 2.24) is 5.32 Å². The van der Waals surface area contributed by atoms with Crippen LogP contribution in [0.5, 0.6) is 5.75 Å². The normalized spacial score (nSPS) is 15.3. The first-order valence-corrected chi connectivity index (χ1v) is 10.6. The van der Waals surface area contributed by atoms with Crippen molar-refractivity contribution < 1.29 is 23.9 Å². The Morgan fingerprint density at radius 3 is 2.61 bits per heavy atom. The molecule has 2 aromatic rings. The van der Waals surface area contributed by atoms with Gasteiger partial charge in [-0.15, -0.1) is 0 Å². The van der Waals surface area contributed by atoms with Gasteiger partial charge in [0.25, 0.3) is 17.7 Å². The highest BCUT2D eigenvalue weighted by Crippen LogP contribution is 2.35. The van der Waals surface area contributed by atoms with Gasteiger partial charge in [-0.25, -0.2) is 9.69 Å². The Bertz CT molecular complexity index is 1170. The predicted molar refractivity (Wildman–Crippen MR) is 122 cm³/mol. The number of nitrogens with one attached hydrogen (secondary N) is 1. The van der Waals surface area contributed by atoms with Crippen LogP contribution < -0.4 is 20.7 Å². The molecule has 8 nitrogen and oxygen atoms in total. The van der Waals surface area contributed by atoms with Crippen LogP contribution in [0.25, 0.3) is 6.08 Å². The Kier molecular flexibility index (Phi) is 6.83. The highest BCUT2D eigenvalue weighted by Gasteiger charge is 2.37. The Morgan fingerprint density at radius 2 is 1.94 bits per heavy atom. The van der Waals surface area contributed by atoms with Gasteiger partial charge in [-0.1, -0.05) is 33.6 Å². The molecule has 0 spiro atoms. The lowest BCUT2D eigenvalue weighted by Crippen LogP contribution is -2.54. The highest BCUT2D eigenvalue weighted by molar-refractivity contribution is 9.11. The van der Waals surface area contributed by atoms with Crippen molar-refractivity contribution >= 4 is 79.0 Å². The molecule has 0 radical (unpaired) electrons. The summed E-state index contributed by atoms with van der Waals surface area (Å²) in [6.07, 6.45) is 1.27. The lowest BCUT2D eigenvalue weighted by Gasteiger charge is -2.27. The number of carbonyl (C=O) groups is 4. The van der Waals surface area contributed by atoms with E-state index >= 15 is 0 Å². The van der Waals surface area contributed by atoms with Crippen LogP contribution >= 0.6 is 43.5 Å². The van der Waals surface area contributed by atoms with Crippen molar-refractivity contribution in [2.45, 2.75) is 6.92 Å². The summed E-state index contributed by atoms with van der Waals surface area (Å²) in [6.45, 7) is 1.29. The number of imide groups is 2. The number of hydrogen-bond donors (Lipinski definition) is 2. The van der Waals surface area contributed by atoms with E-state index < -0.39 is 30.4 Å². The molecular weight excluding hydrogens is 557 g/mol. The van der Waals surface area contributed by atoms with Crippen molar-refractivity contribution in [2.75, 3.05) is 11.5 Å². The zero-order valence-corrected chi connectivity index (χ0v) is 19.8. The van der Waals surface area contributed by atoms with E-state index in [4.69, 9.17) is 22.1 Å². The van der Waals surface area contributed by atoms with Gasteiger partial charge in [0, 0.05) is 15.1 Å². The summed E-state index contributed by atoms with van der Waals surface area (Å²) in [4.78, 5) is 50.1. The maximum atomic E-state index is 13.2.